The van der Waals surface area contributed by atoms with E-state index in [9.17, 15) is 18.0 Å². The SMILES string of the molecule is CCC(N)CC(=O)NCc1ccc(OC(F)(F)F)cc1. The molecule has 1 amide bonds. The molecular weight excluding hydrogens is 273 g/mol. The molecule has 0 spiro atoms. The topological polar surface area (TPSA) is 64.4 Å². The highest BCUT2D eigenvalue weighted by atomic mass is 19.4. The van der Waals surface area contributed by atoms with Gasteiger partial charge in [0, 0.05) is 19.0 Å². The lowest BCUT2D eigenvalue weighted by Gasteiger charge is -2.11. The lowest BCUT2D eigenvalue weighted by Crippen LogP contribution is -2.30. The number of hydrogen-bond acceptors (Lipinski definition) is 3. The highest BCUT2D eigenvalue weighted by Crippen LogP contribution is 2.22. The van der Waals surface area contributed by atoms with Gasteiger partial charge in [-0.15, -0.1) is 13.2 Å². The zero-order chi connectivity index (χ0) is 15.2. The van der Waals surface area contributed by atoms with Gasteiger partial charge in [0.25, 0.3) is 0 Å². The summed E-state index contributed by atoms with van der Waals surface area (Å²) in [7, 11) is 0. The van der Waals surface area contributed by atoms with E-state index in [1.165, 1.54) is 24.3 Å². The number of amides is 1. The first kappa shape index (κ1) is 16.3. The van der Waals surface area contributed by atoms with Crippen LogP contribution in [0.4, 0.5) is 13.2 Å². The minimum absolute atomic E-state index is 0.183. The summed E-state index contributed by atoms with van der Waals surface area (Å²) in [6.45, 7) is 2.12. The van der Waals surface area contributed by atoms with Crippen molar-refractivity contribution < 1.29 is 22.7 Å². The van der Waals surface area contributed by atoms with Gasteiger partial charge in [0.1, 0.15) is 5.75 Å². The predicted molar refractivity (Wildman–Crippen MR) is 67.9 cm³/mol. The second-order valence-electron chi connectivity index (χ2n) is 4.34. The second kappa shape index (κ2) is 7.14. The molecule has 3 N–H and O–H groups in total. The van der Waals surface area contributed by atoms with Gasteiger partial charge in [-0.2, -0.15) is 0 Å². The second-order valence-corrected chi connectivity index (χ2v) is 4.34. The van der Waals surface area contributed by atoms with Crippen LogP contribution in [0, 0.1) is 0 Å². The van der Waals surface area contributed by atoms with Crippen LogP contribution in [-0.2, 0) is 11.3 Å². The monoisotopic (exact) mass is 290 g/mol. The van der Waals surface area contributed by atoms with Crippen LogP contribution in [0.25, 0.3) is 0 Å². The fraction of sp³-hybridized carbons (Fsp3) is 0.462. The van der Waals surface area contributed by atoms with E-state index in [2.05, 4.69) is 10.1 Å². The van der Waals surface area contributed by atoms with Crippen LogP contribution in [0.5, 0.6) is 5.75 Å². The number of nitrogens with two attached hydrogens (primary N) is 1. The van der Waals surface area contributed by atoms with Crippen LogP contribution < -0.4 is 15.8 Å². The summed E-state index contributed by atoms with van der Waals surface area (Å²) in [6.07, 6.45) is -3.77. The van der Waals surface area contributed by atoms with Crippen LogP contribution in [0.3, 0.4) is 0 Å². The summed E-state index contributed by atoms with van der Waals surface area (Å²) < 4.78 is 39.6. The summed E-state index contributed by atoms with van der Waals surface area (Å²) in [5, 5.41) is 2.65. The number of benzene rings is 1. The molecule has 4 nitrogen and oxygen atoms in total. The van der Waals surface area contributed by atoms with Crippen molar-refractivity contribution >= 4 is 5.91 Å². The molecule has 1 aromatic carbocycles. The standard InChI is InChI=1S/C13H17F3N2O2/c1-2-10(17)7-12(19)18-8-9-3-5-11(6-4-9)20-13(14,15)16/h3-6,10H,2,7-8,17H2,1H3,(H,18,19). The molecule has 1 aromatic rings. The summed E-state index contributed by atoms with van der Waals surface area (Å²) in [5.74, 6) is -0.476. The Morgan fingerprint density at radius 3 is 2.45 bits per heavy atom. The smallest absolute Gasteiger partial charge is 0.406 e. The van der Waals surface area contributed by atoms with Crippen molar-refractivity contribution in [1.82, 2.24) is 5.32 Å². The van der Waals surface area contributed by atoms with E-state index in [1.54, 1.807) is 0 Å². The van der Waals surface area contributed by atoms with Gasteiger partial charge >= 0.3 is 6.36 Å². The van der Waals surface area contributed by atoms with Gasteiger partial charge in [-0.05, 0) is 24.1 Å². The normalized spacial score (nSPS) is 12.8. The van der Waals surface area contributed by atoms with Crippen LogP contribution in [0.1, 0.15) is 25.3 Å². The molecule has 0 aliphatic carbocycles. The third-order valence-corrected chi connectivity index (χ3v) is 2.62. The molecule has 0 saturated carbocycles. The lowest BCUT2D eigenvalue weighted by atomic mass is 10.1. The molecule has 0 radical (unpaired) electrons. The van der Waals surface area contributed by atoms with Gasteiger partial charge < -0.3 is 15.8 Å². The Hall–Kier alpha value is -1.76. The van der Waals surface area contributed by atoms with E-state index in [-0.39, 0.29) is 30.7 Å². The van der Waals surface area contributed by atoms with Crippen LogP contribution in [0.2, 0.25) is 0 Å². The number of carbonyl (C=O) groups is 1. The highest BCUT2D eigenvalue weighted by Gasteiger charge is 2.30. The van der Waals surface area contributed by atoms with Gasteiger partial charge in [-0.1, -0.05) is 19.1 Å². The van der Waals surface area contributed by atoms with Gasteiger partial charge in [-0.25, -0.2) is 0 Å². The fourth-order valence-electron chi connectivity index (χ4n) is 1.46. The molecule has 0 fully saturated rings. The summed E-state index contributed by atoms with van der Waals surface area (Å²) in [4.78, 5) is 11.5. The minimum atomic E-state index is -4.70. The Morgan fingerprint density at radius 1 is 1.35 bits per heavy atom. The first-order valence-corrected chi connectivity index (χ1v) is 6.17. The molecule has 0 aromatic heterocycles. The van der Waals surface area contributed by atoms with Gasteiger partial charge in [0.05, 0.1) is 0 Å². The van der Waals surface area contributed by atoms with Gasteiger partial charge in [-0.3, -0.25) is 4.79 Å². The summed E-state index contributed by atoms with van der Waals surface area (Å²) in [5.41, 5.74) is 6.32. The van der Waals surface area contributed by atoms with Gasteiger partial charge in [0.15, 0.2) is 0 Å². The molecule has 0 saturated heterocycles. The lowest BCUT2D eigenvalue weighted by molar-refractivity contribution is -0.274. The Bertz CT molecular complexity index is 432. The van der Waals surface area contributed by atoms with Crippen molar-refractivity contribution in [2.75, 3.05) is 0 Å². The average molecular weight is 290 g/mol. The maximum absolute atomic E-state index is 12.0. The van der Waals surface area contributed by atoms with Crippen LogP contribution in [-0.4, -0.2) is 18.3 Å². The van der Waals surface area contributed by atoms with Crippen molar-refractivity contribution in [3.8, 4) is 5.75 Å². The fourth-order valence-corrected chi connectivity index (χ4v) is 1.46. The predicted octanol–water partition coefficient (Wildman–Crippen LogP) is 2.33. The molecule has 0 aliphatic heterocycles. The minimum Gasteiger partial charge on any atom is -0.406 e. The number of rotatable bonds is 6. The van der Waals surface area contributed by atoms with Crippen LogP contribution in [0.15, 0.2) is 24.3 Å². The van der Waals surface area contributed by atoms with Crippen molar-refractivity contribution in [2.45, 2.75) is 38.7 Å². The third kappa shape index (κ3) is 6.42. The van der Waals surface area contributed by atoms with E-state index >= 15 is 0 Å². The van der Waals surface area contributed by atoms with E-state index in [0.29, 0.717) is 12.0 Å². The summed E-state index contributed by atoms with van der Waals surface area (Å²) in [6, 6.07) is 5.14. The Balaban J connectivity index is 2.44. The van der Waals surface area contributed by atoms with E-state index < -0.39 is 6.36 Å². The third-order valence-electron chi connectivity index (χ3n) is 2.62. The molecule has 7 heteroatoms. The maximum atomic E-state index is 12.0. The van der Waals surface area contributed by atoms with Crippen LogP contribution >= 0.6 is 0 Å². The summed E-state index contributed by atoms with van der Waals surface area (Å²) >= 11 is 0. The Morgan fingerprint density at radius 2 is 1.95 bits per heavy atom. The molecule has 0 bridgehead atoms. The molecular formula is C13H17F3N2O2. The molecule has 1 unspecified atom stereocenters. The zero-order valence-corrected chi connectivity index (χ0v) is 11.0. The van der Waals surface area contributed by atoms with Crippen molar-refractivity contribution in [2.24, 2.45) is 5.73 Å². The largest absolute Gasteiger partial charge is 0.573 e. The maximum Gasteiger partial charge on any atom is 0.573 e. The van der Waals surface area contributed by atoms with Crippen molar-refractivity contribution in [3.05, 3.63) is 29.8 Å². The average Bonchev–Trinajstić information content (AvgIpc) is 2.36. The highest BCUT2D eigenvalue weighted by molar-refractivity contribution is 5.76. The number of alkyl halides is 3. The van der Waals surface area contributed by atoms with Gasteiger partial charge in [0.2, 0.25) is 5.91 Å². The zero-order valence-electron chi connectivity index (χ0n) is 11.0. The number of carbonyl (C=O) groups excluding carboxylic acids is 1. The number of hydrogen-bond donors (Lipinski definition) is 2. The molecule has 1 rings (SSSR count). The molecule has 112 valence electrons. The Kier molecular flexibility index (Phi) is 5.82. The van der Waals surface area contributed by atoms with E-state index in [4.69, 9.17) is 5.73 Å². The number of halogens is 3. The quantitative estimate of drug-likeness (QED) is 0.845. The first-order chi connectivity index (χ1) is 9.30. The van der Waals surface area contributed by atoms with E-state index in [1.807, 2.05) is 6.92 Å². The molecule has 0 aliphatic rings. The first-order valence-electron chi connectivity index (χ1n) is 6.17. The van der Waals surface area contributed by atoms with E-state index in [0.717, 1.165) is 0 Å². The number of nitrogens with one attached hydrogen (secondary N) is 1. The molecule has 1 atom stereocenters. The Labute approximate surface area is 115 Å². The number of ether oxygens (including phenoxy) is 1. The molecule has 0 heterocycles. The molecule has 20 heavy (non-hydrogen) atoms. The van der Waals surface area contributed by atoms with Crippen molar-refractivity contribution in [3.63, 3.8) is 0 Å². The van der Waals surface area contributed by atoms with Crippen molar-refractivity contribution in [1.29, 1.82) is 0 Å².